The zero-order chi connectivity index (χ0) is 28.3. The number of rotatable bonds is 7. The van der Waals surface area contributed by atoms with E-state index in [-0.39, 0.29) is 5.91 Å². The lowest BCUT2D eigenvalue weighted by molar-refractivity contribution is 0.102. The van der Waals surface area contributed by atoms with Crippen LogP contribution in [0.5, 0.6) is 11.5 Å². The largest absolute Gasteiger partial charge is 0.457 e. The minimum Gasteiger partial charge on any atom is -0.457 e. The molecule has 0 spiro atoms. The third kappa shape index (κ3) is 5.88. The minimum absolute atomic E-state index is 0.162. The fraction of sp³-hybridized carbons (Fsp3) is 0.226. The van der Waals surface area contributed by atoms with Crippen molar-refractivity contribution in [2.24, 2.45) is 0 Å². The number of hydrogen-bond acceptors (Lipinski definition) is 8. The lowest BCUT2D eigenvalue weighted by atomic mass is 10.1. The second-order valence-corrected chi connectivity index (χ2v) is 10.4. The molecule has 208 valence electrons. The number of ether oxygens (including phenoxy) is 1. The number of nitrogen functional groups attached to an aromatic ring is 1. The summed E-state index contributed by atoms with van der Waals surface area (Å²) in [5.74, 6) is 1.52. The van der Waals surface area contributed by atoms with Gasteiger partial charge in [0, 0.05) is 55.6 Å². The monoisotopic (exact) mass is 548 g/mol. The first-order valence-corrected chi connectivity index (χ1v) is 13.6. The first-order chi connectivity index (χ1) is 19.9. The molecule has 5 aromatic rings. The molecule has 1 amide bonds. The van der Waals surface area contributed by atoms with Gasteiger partial charge in [-0.3, -0.25) is 14.8 Å². The Kier molecular flexibility index (Phi) is 7.32. The number of carbonyl (C=O) groups excluding carboxylic acids is 1. The van der Waals surface area contributed by atoms with Crippen molar-refractivity contribution in [3.05, 3.63) is 89.7 Å². The van der Waals surface area contributed by atoms with Crippen LogP contribution < -0.4 is 15.8 Å². The van der Waals surface area contributed by atoms with Gasteiger partial charge in [0.15, 0.2) is 5.65 Å². The first-order valence-electron chi connectivity index (χ1n) is 13.6. The van der Waals surface area contributed by atoms with E-state index < -0.39 is 0 Å². The average molecular weight is 549 g/mol. The Balaban J connectivity index is 1.11. The molecule has 10 heteroatoms. The van der Waals surface area contributed by atoms with Crippen LogP contribution in [-0.2, 0) is 6.54 Å². The van der Waals surface area contributed by atoms with Gasteiger partial charge in [-0.15, -0.1) is 0 Å². The van der Waals surface area contributed by atoms with Crippen LogP contribution in [0.1, 0.15) is 21.5 Å². The van der Waals surface area contributed by atoms with Gasteiger partial charge >= 0.3 is 0 Å². The number of H-pyrrole nitrogens is 1. The molecule has 0 aliphatic carbocycles. The normalized spacial score (nSPS) is 14.3. The van der Waals surface area contributed by atoms with Crippen molar-refractivity contribution in [1.29, 1.82) is 0 Å². The van der Waals surface area contributed by atoms with Gasteiger partial charge in [0.2, 0.25) is 0 Å². The van der Waals surface area contributed by atoms with E-state index in [1.54, 1.807) is 0 Å². The summed E-state index contributed by atoms with van der Waals surface area (Å²) in [6.45, 7) is 7.16. The van der Waals surface area contributed by atoms with Crippen molar-refractivity contribution in [3.63, 3.8) is 0 Å². The van der Waals surface area contributed by atoms with E-state index >= 15 is 0 Å². The number of aromatic nitrogens is 4. The maximum atomic E-state index is 13.0. The highest BCUT2D eigenvalue weighted by Crippen LogP contribution is 2.32. The van der Waals surface area contributed by atoms with Crippen molar-refractivity contribution in [3.8, 4) is 22.8 Å². The molecule has 0 radical (unpaired) electrons. The highest BCUT2D eigenvalue weighted by Gasteiger charge is 2.15. The number of carbonyl (C=O) groups is 1. The number of aryl methyl sites for hydroxylation is 1. The van der Waals surface area contributed by atoms with E-state index in [9.17, 15) is 4.79 Å². The summed E-state index contributed by atoms with van der Waals surface area (Å²) < 4.78 is 6.18. The molecule has 4 N–H and O–H groups in total. The molecule has 0 unspecified atom stereocenters. The number of fused-ring (bicyclic) bond motifs is 1. The Morgan fingerprint density at radius 3 is 2.51 bits per heavy atom. The SMILES string of the molecule is Cc1ccc(NC(=O)c2ccc(CN3CCN(C)CC3)cc2)cc1Oc1ccc(-c2[nH]nc3ncnc(N)c23)cc1. The number of hydrogen-bond donors (Lipinski definition) is 3. The molecule has 0 bridgehead atoms. The van der Waals surface area contributed by atoms with E-state index in [0.717, 1.165) is 49.5 Å². The molecular weight excluding hydrogens is 516 g/mol. The van der Waals surface area contributed by atoms with E-state index in [1.165, 1.54) is 11.9 Å². The lowest BCUT2D eigenvalue weighted by Gasteiger charge is -2.32. The molecule has 1 aliphatic rings. The maximum Gasteiger partial charge on any atom is 0.255 e. The van der Waals surface area contributed by atoms with Gasteiger partial charge in [0.1, 0.15) is 23.6 Å². The molecule has 6 rings (SSSR count). The number of amides is 1. The number of nitrogens with one attached hydrogen (secondary N) is 2. The molecular formula is C31H32N8O2. The van der Waals surface area contributed by atoms with Gasteiger partial charge in [0.05, 0.1) is 11.1 Å². The molecule has 41 heavy (non-hydrogen) atoms. The molecule has 1 aliphatic heterocycles. The van der Waals surface area contributed by atoms with E-state index in [2.05, 4.69) is 42.3 Å². The summed E-state index contributed by atoms with van der Waals surface area (Å²) in [6.07, 6.45) is 1.39. The molecule has 0 atom stereocenters. The average Bonchev–Trinajstić information content (AvgIpc) is 3.42. The number of nitrogens with zero attached hydrogens (tertiary/aromatic N) is 5. The predicted molar refractivity (Wildman–Crippen MR) is 160 cm³/mol. The second-order valence-electron chi connectivity index (χ2n) is 10.4. The Morgan fingerprint density at radius 1 is 1.00 bits per heavy atom. The Morgan fingerprint density at radius 2 is 1.76 bits per heavy atom. The number of benzene rings is 3. The maximum absolute atomic E-state index is 13.0. The number of anilines is 2. The number of aromatic amines is 1. The van der Waals surface area contributed by atoms with Crippen molar-refractivity contribution < 1.29 is 9.53 Å². The van der Waals surface area contributed by atoms with Crippen LogP contribution in [0.4, 0.5) is 11.5 Å². The third-order valence-corrected chi connectivity index (χ3v) is 7.42. The molecule has 2 aromatic heterocycles. The summed E-state index contributed by atoms with van der Waals surface area (Å²) in [7, 11) is 2.16. The molecule has 3 heterocycles. The predicted octanol–water partition coefficient (Wildman–Crippen LogP) is 4.70. The molecule has 0 saturated carbocycles. The zero-order valence-electron chi connectivity index (χ0n) is 23.1. The van der Waals surface area contributed by atoms with E-state index in [4.69, 9.17) is 10.5 Å². The van der Waals surface area contributed by atoms with Crippen LogP contribution >= 0.6 is 0 Å². The molecule has 10 nitrogen and oxygen atoms in total. The van der Waals surface area contributed by atoms with Crippen LogP contribution in [0.3, 0.4) is 0 Å². The fourth-order valence-electron chi connectivity index (χ4n) is 4.92. The smallest absolute Gasteiger partial charge is 0.255 e. The van der Waals surface area contributed by atoms with Gasteiger partial charge < -0.3 is 20.7 Å². The fourth-order valence-corrected chi connectivity index (χ4v) is 4.92. The van der Waals surface area contributed by atoms with E-state index in [0.29, 0.717) is 39.6 Å². The Bertz CT molecular complexity index is 1670. The van der Waals surface area contributed by atoms with Gasteiger partial charge in [0.25, 0.3) is 5.91 Å². The van der Waals surface area contributed by atoms with Gasteiger partial charge in [-0.05, 0) is 67.6 Å². The highest BCUT2D eigenvalue weighted by atomic mass is 16.5. The summed E-state index contributed by atoms with van der Waals surface area (Å²) in [6, 6.07) is 21.1. The Labute approximate surface area is 238 Å². The highest BCUT2D eigenvalue weighted by molar-refractivity contribution is 6.04. The molecule has 1 fully saturated rings. The van der Waals surface area contributed by atoms with Crippen molar-refractivity contribution in [2.45, 2.75) is 13.5 Å². The van der Waals surface area contributed by atoms with Gasteiger partial charge in [-0.1, -0.05) is 18.2 Å². The lowest BCUT2D eigenvalue weighted by Crippen LogP contribution is -2.43. The van der Waals surface area contributed by atoms with Crippen molar-refractivity contribution in [1.82, 2.24) is 30.0 Å². The van der Waals surface area contributed by atoms with Crippen LogP contribution in [0.2, 0.25) is 0 Å². The standard InChI is InChI=1S/C31H32N8O2/c1-20-3-10-24(35-31(40)23-6-4-21(5-7-23)18-39-15-13-38(2)14-16-39)17-26(20)41-25-11-8-22(9-12-25)28-27-29(32)33-19-34-30(27)37-36-28/h3-12,17,19H,13-16,18H2,1-2H3,(H,35,40)(H3,32,33,34,36,37). The van der Waals surface area contributed by atoms with Crippen molar-refractivity contribution >= 4 is 28.4 Å². The van der Waals surface area contributed by atoms with Crippen LogP contribution in [0.25, 0.3) is 22.3 Å². The summed E-state index contributed by atoms with van der Waals surface area (Å²) in [5, 5.41) is 10.9. The van der Waals surface area contributed by atoms with Crippen LogP contribution in [-0.4, -0.2) is 69.1 Å². The van der Waals surface area contributed by atoms with Gasteiger partial charge in [-0.2, -0.15) is 5.10 Å². The first kappa shape index (κ1) is 26.4. The quantitative estimate of drug-likeness (QED) is 0.267. The summed E-state index contributed by atoms with van der Waals surface area (Å²) in [5.41, 5.74) is 11.6. The number of nitrogens with two attached hydrogens (primary N) is 1. The van der Waals surface area contributed by atoms with E-state index in [1.807, 2.05) is 73.7 Å². The number of likely N-dealkylation sites (N-methyl/N-ethyl adjacent to an activating group) is 1. The molecule has 3 aromatic carbocycles. The summed E-state index contributed by atoms with van der Waals surface area (Å²) in [4.78, 5) is 26.0. The minimum atomic E-state index is -0.162. The second kappa shape index (κ2) is 11.4. The molecule has 1 saturated heterocycles. The zero-order valence-corrected chi connectivity index (χ0v) is 23.1. The third-order valence-electron chi connectivity index (χ3n) is 7.42. The van der Waals surface area contributed by atoms with Crippen LogP contribution in [0, 0.1) is 6.92 Å². The topological polar surface area (TPSA) is 125 Å². The number of piperazine rings is 1. The van der Waals surface area contributed by atoms with Crippen LogP contribution in [0.15, 0.2) is 73.1 Å². The Hall–Kier alpha value is -4.80. The summed E-state index contributed by atoms with van der Waals surface area (Å²) >= 11 is 0. The van der Waals surface area contributed by atoms with Crippen molar-refractivity contribution in [2.75, 3.05) is 44.3 Å². The van der Waals surface area contributed by atoms with Gasteiger partial charge in [-0.25, -0.2) is 9.97 Å².